The van der Waals surface area contributed by atoms with Crippen LogP contribution < -0.4 is 9.47 Å². The van der Waals surface area contributed by atoms with Gasteiger partial charge in [-0.1, -0.05) is 6.42 Å². The largest absolute Gasteiger partial charge is 0.493 e. The molecule has 2 aliphatic rings. The fourth-order valence-electron chi connectivity index (χ4n) is 4.18. The standard InChI is InChI=1S/C17H20N2O7/c1-25-13-7-10(6-12(19(23)24)14(13)26-2)15(20)18-8-11-4-3-5-17(11,9-18)16(21)22/h6-7,11H,3-5,8-9H2,1-2H3,(H,21,22)/t11-,17+/m0/s1. The van der Waals surface area contributed by atoms with Crippen molar-refractivity contribution in [1.82, 2.24) is 4.90 Å². The Kier molecular flexibility index (Phi) is 4.47. The zero-order valence-electron chi connectivity index (χ0n) is 14.6. The molecule has 1 amide bonds. The van der Waals surface area contributed by atoms with Crippen LogP contribution in [0.3, 0.4) is 0 Å². The molecule has 9 heteroatoms. The molecular formula is C17H20N2O7. The van der Waals surface area contributed by atoms with E-state index in [0.29, 0.717) is 13.0 Å². The van der Waals surface area contributed by atoms with Crippen molar-refractivity contribution in [3.8, 4) is 11.5 Å². The second-order valence-electron chi connectivity index (χ2n) is 6.72. The number of rotatable bonds is 5. The molecule has 1 aromatic rings. The van der Waals surface area contributed by atoms with Gasteiger partial charge in [0.05, 0.1) is 30.1 Å². The van der Waals surface area contributed by atoms with Crippen molar-refractivity contribution in [2.45, 2.75) is 19.3 Å². The molecule has 0 unspecified atom stereocenters. The molecule has 1 aliphatic carbocycles. The number of amides is 1. The molecule has 1 aromatic carbocycles. The first kappa shape index (κ1) is 18.0. The SMILES string of the molecule is COc1cc(C(=O)N2C[C@@H]3CCC[C@@]3(C(=O)O)C2)cc([N+](=O)[O-])c1OC. The smallest absolute Gasteiger partial charge is 0.315 e. The highest BCUT2D eigenvalue weighted by Crippen LogP contribution is 2.49. The Bertz CT molecular complexity index is 779. The van der Waals surface area contributed by atoms with Gasteiger partial charge in [0.1, 0.15) is 0 Å². The van der Waals surface area contributed by atoms with E-state index in [-0.39, 0.29) is 35.2 Å². The Hall–Kier alpha value is -2.84. The number of nitro groups is 1. The number of carbonyl (C=O) groups is 2. The van der Waals surface area contributed by atoms with E-state index in [9.17, 15) is 24.8 Å². The molecule has 1 saturated carbocycles. The Morgan fingerprint density at radius 3 is 2.62 bits per heavy atom. The van der Waals surface area contributed by atoms with E-state index in [1.165, 1.54) is 25.2 Å². The number of methoxy groups -OCH3 is 2. The molecule has 0 radical (unpaired) electrons. The van der Waals surface area contributed by atoms with Crippen LogP contribution in [0.5, 0.6) is 11.5 Å². The maximum atomic E-state index is 12.9. The third-order valence-corrected chi connectivity index (χ3v) is 5.49. The van der Waals surface area contributed by atoms with E-state index in [2.05, 4.69) is 0 Å². The zero-order chi connectivity index (χ0) is 19.1. The van der Waals surface area contributed by atoms with Gasteiger partial charge in [-0.25, -0.2) is 0 Å². The van der Waals surface area contributed by atoms with E-state index in [1.54, 1.807) is 0 Å². The number of aliphatic carboxylic acids is 1. The summed E-state index contributed by atoms with van der Waals surface area (Å²) in [6.45, 7) is 0.460. The van der Waals surface area contributed by atoms with Gasteiger partial charge < -0.3 is 19.5 Å². The van der Waals surface area contributed by atoms with Crippen LogP contribution >= 0.6 is 0 Å². The number of likely N-dealkylation sites (tertiary alicyclic amines) is 1. The third kappa shape index (κ3) is 2.63. The predicted octanol–water partition coefficient (Wildman–Crippen LogP) is 1.94. The lowest BCUT2D eigenvalue weighted by Crippen LogP contribution is -2.37. The highest BCUT2D eigenvalue weighted by molar-refractivity contribution is 5.97. The summed E-state index contributed by atoms with van der Waals surface area (Å²) in [5.41, 5.74) is -1.20. The van der Waals surface area contributed by atoms with Gasteiger partial charge in [-0.2, -0.15) is 0 Å². The fourth-order valence-corrected chi connectivity index (χ4v) is 4.18. The van der Waals surface area contributed by atoms with E-state index in [4.69, 9.17) is 9.47 Å². The first-order chi connectivity index (χ1) is 12.3. The molecule has 0 aromatic heterocycles. The summed E-state index contributed by atoms with van der Waals surface area (Å²) in [7, 11) is 2.61. The Labute approximate surface area is 149 Å². The van der Waals surface area contributed by atoms with Crippen molar-refractivity contribution < 1.29 is 29.1 Å². The number of hydrogen-bond donors (Lipinski definition) is 1. The van der Waals surface area contributed by atoms with E-state index < -0.39 is 22.2 Å². The zero-order valence-corrected chi connectivity index (χ0v) is 14.6. The number of hydrogen-bond acceptors (Lipinski definition) is 6. The third-order valence-electron chi connectivity index (χ3n) is 5.49. The number of ether oxygens (including phenoxy) is 2. The molecule has 140 valence electrons. The highest BCUT2D eigenvalue weighted by atomic mass is 16.6. The van der Waals surface area contributed by atoms with Crippen molar-refractivity contribution >= 4 is 17.6 Å². The molecule has 26 heavy (non-hydrogen) atoms. The highest BCUT2D eigenvalue weighted by Gasteiger charge is 2.55. The lowest BCUT2D eigenvalue weighted by Gasteiger charge is -2.23. The first-order valence-electron chi connectivity index (χ1n) is 8.27. The Balaban J connectivity index is 1.95. The van der Waals surface area contributed by atoms with E-state index >= 15 is 0 Å². The van der Waals surface area contributed by atoms with E-state index in [1.807, 2.05) is 0 Å². The second kappa shape index (κ2) is 6.47. The maximum absolute atomic E-state index is 12.9. The van der Waals surface area contributed by atoms with Crippen LogP contribution in [0.1, 0.15) is 29.6 Å². The van der Waals surface area contributed by atoms with Gasteiger partial charge in [0.15, 0.2) is 5.75 Å². The van der Waals surface area contributed by atoms with Crippen LogP contribution in [-0.4, -0.2) is 54.1 Å². The van der Waals surface area contributed by atoms with Crippen molar-refractivity contribution in [2.75, 3.05) is 27.3 Å². The Morgan fingerprint density at radius 1 is 1.35 bits per heavy atom. The summed E-state index contributed by atoms with van der Waals surface area (Å²) in [5, 5.41) is 21.0. The fraction of sp³-hybridized carbons (Fsp3) is 0.529. The number of benzene rings is 1. The topological polar surface area (TPSA) is 119 Å². The van der Waals surface area contributed by atoms with Crippen LogP contribution in [0.2, 0.25) is 0 Å². The van der Waals surface area contributed by atoms with Gasteiger partial charge in [0.2, 0.25) is 5.75 Å². The second-order valence-corrected chi connectivity index (χ2v) is 6.72. The molecule has 1 heterocycles. The minimum Gasteiger partial charge on any atom is -0.493 e. The predicted molar refractivity (Wildman–Crippen MR) is 89.5 cm³/mol. The number of nitro benzene ring substituents is 1. The molecule has 9 nitrogen and oxygen atoms in total. The number of nitrogens with zero attached hydrogens (tertiary/aromatic N) is 2. The monoisotopic (exact) mass is 364 g/mol. The molecule has 0 spiro atoms. The minimum atomic E-state index is -0.905. The Morgan fingerprint density at radius 2 is 2.08 bits per heavy atom. The van der Waals surface area contributed by atoms with Crippen molar-refractivity contribution in [3.63, 3.8) is 0 Å². The summed E-state index contributed by atoms with van der Waals surface area (Å²) in [6.07, 6.45) is 2.14. The summed E-state index contributed by atoms with van der Waals surface area (Å²) >= 11 is 0. The summed E-state index contributed by atoms with van der Waals surface area (Å²) < 4.78 is 10.1. The number of carboxylic acid groups (broad SMARTS) is 1. The quantitative estimate of drug-likeness (QED) is 0.626. The average Bonchev–Trinajstić information content (AvgIpc) is 3.18. The molecule has 1 aliphatic heterocycles. The molecule has 1 saturated heterocycles. The van der Waals surface area contributed by atoms with Crippen LogP contribution in [-0.2, 0) is 4.79 Å². The summed E-state index contributed by atoms with van der Waals surface area (Å²) in [6, 6.07) is 2.53. The average molecular weight is 364 g/mol. The van der Waals surface area contributed by atoms with Crippen molar-refractivity contribution in [2.24, 2.45) is 11.3 Å². The van der Waals surface area contributed by atoms with E-state index in [0.717, 1.165) is 18.9 Å². The maximum Gasteiger partial charge on any atom is 0.315 e. The van der Waals surface area contributed by atoms with Crippen LogP contribution in [0.4, 0.5) is 5.69 Å². The van der Waals surface area contributed by atoms with Crippen molar-refractivity contribution in [1.29, 1.82) is 0 Å². The van der Waals surface area contributed by atoms with Gasteiger partial charge in [-0.15, -0.1) is 0 Å². The molecule has 0 bridgehead atoms. The normalized spacial score (nSPS) is 24.2. The molecule has 2 fully saturated rings. The number of fused-ring (bicyclic) bond motifs is 1. The van der Waals surface area contributed by atoms with Crippen LogP contribution in [0.25, 0.3) is 0 Å². The van der Waals surface area contributed by atoms with Gasteiger partial charge in [-0.05, 0) is 24.8 Å². The lowest BCUT2D eigenvalue weighted by molar-refractivity contribution is -0.385. The molecule has 1 N–H and O–H groups in total. The summed E-state index contributed by atoms with van der Waals surface area (Å²) in [5.74, 6) is -1.39. The minimum absolute atomic E-state index is 0.0608. The van der Waals surface area contributed by atoms with Crippen LogP contribution in [0, 0.1) is 21.4 Å². The molecule has 2 atom stereocenters. The van der Waals surface area contributed by atoms with Gasteiger partial charge in [0.25, 0.3) is 5.91 Å². The summed E-state index contributed by atoms with van der Waals surface area (Å²) in [4.78, 5) is 36.8. The number of carbonyl (C=O) groups excluding carboxylic acids is 1. The van der Waals surface area contributed by atoms with Gasteiger partial charge in [-0.3, -0.25) is 19.7 Å². The van der Waals surface area contributed by atoms with Gasteiger partial charge in [0, 0.05) is 19.2 Å². The van der Waals surface area contributed by atoms with Gasteiger partial charge >= 0.3 is 11.7 Å². The lowest BCUT2D eigenvalue weighted by atomic mass is 9.81. The van der Waals surface area contributed by atoms with Crippen molar-refractivity contribution in [3.05, 3.63) is 27.8 Å². The number of carboxylic acids is 1. The first-order valence-corrected chi connectivity index (χ1v) is 8.27. The molecular weight excluding hydrogens is 344 g/mol. The van der Waals surface area contributed by atoms with Crippen LogP contribution in [0.15, 0.2) is 12.1 Å². The molecule has 3 rings (SSSR count).